The minimum Gasteiger partial charge on any atom is -0.321 e. The van der Waals surface area contributed by atoms with Crippen molar-refractivity contribution in [1.29, 1.82) is 0 Å². The molecule has 38 heavy (non-hydrogen) atoms. The second kappa shape index (κ2) is 10.8. The summed E-state index contributed by atoms with van der Waals surface area (Å²) in [6, 6.07) is 12.8. The molecule has 198 valence electrons. The highest BCUT2D eigenvalue weighted by Gasteiger charge is 2.27. The average molecular weight is 509 g/mol. The maximum absolute atomic E-state index is 13.7. The van der Waals surface area contributed by atoms with Crippen molar-refractivity contribution in [3.8, 4) is 11.1 Å². The zero-order valence-electron chi connectivity index (χ0n) is 23.5. The summed E-state index contributed by atoms with van der Waals surface area (Å²) >= 11 is 0. The van der Waals surface area contributed by atoms with E-state index in [9.17, 15) is 4.79 Å². The third-order valence-corrected chi connectivity index (χ3v) is 8.30. The van der Waals surface area contributed by atoms with Gasteiger partial charge in [-0.15, -0.1) is 0 Å². The number of allylic oxidation sites excluding steroid dienone is 1. The molecule has 1 atom stereocenters. The normalized spacial score (nSPS) is 17.7. The second-order valence-corrected chi connectivity index (χ2v) is 12.0. The first kappa shape index (κ1) is 26.3. The van der Waals surface area contributed by atoms with Crippen molar-refractivity contribution in [2.75, 3.05) is 18.4 Å². The number of carbonyl (C=O) groups is 1. The lowest BCUT2D eigenvalue weighted by molar-refractivity contribution is -0.111. The summed E-state index contributed by atoms with van der Waals surface area (Å²) in [5, 5.41) is 3.13. The fourth-order valence-electron chi connectivity index (χ4n) is 5.54. The van der Waals surface area contributed by atoms with Crippen molar-refractivity contribution < 1.29 is 4.79 Å². The number of hydrogen-bond acceptors (Lipinski definition) is 4. The van der Waals surface area contributed by atoms with E-state index in [1.54, 1.807) is 6.20 Å². The number of anilines is 1. The Kier molecular flexibility index (Phi) is 7.49. The van der Waals surface area contributed by atoms with Crippen LogP contribution in [0.2, 0.25) is 0 Å². The number of rotatable bonds is 8. The zero-order valence-corrected chi connectivity index (χ0v) is 23.5. The van der Waals surface area contributed by atoms with Crippen LogP contribution in [0.3, 0.4) is 0 Å². The van der Waals surface area contributed by atoms with Gasteiger partial charge in [0, 0.05) is 35.8 Å². The van der Waals surface area contributed by atoms with Crippen LogP contribution in [0.4, 0.5) is 5.69 Å². The lowest BCUT2D eigenvalue weighted by atomic mass is 9.78. The van der Waals surface area contributed by atoms with Crippen molar-refractivity contribution in [1.82, 2.24) is 14.9 Å². The number of hydrogen-bond donors (Lipinski definition) is 1. The maximum atomic E-state index is 13.7. The van der Waals surface area contributed by atoms with E-state index < -0.39 is 0 Å². The molecule has 0 unspecified atom stereocenters. The molecule has 1 fully saturated rings. The van der Waals surface area contributed by atoms with E-state index >= 15 is 0 Å². The van der Waals surface area contributed by atoms with E-state index in [1.165, 1.54) is 30.6 Å². The summed E-state index contributed by atoms with van der Waals surface area (Å²) in [4.78, 5) is 25.3. The molecule has 0 saturated carbocycles. The van der Waals surface area contributed by atoms with Crippen LogP contribution in [-0.2, 0) is 17.8 Å². The Hall–Kier alpha value is -3.31. The molecule has 1 aliphatic heterocycles. The molecule has 5 nitrogen and oxygen atoms in total. The van der Waals surface area contributed by atoms with Crippen LogP contribution in [-0.4, -0.2) is 33.9 Å². The first-order valence-corrected chi connectivity index (χ1v) is 14.0. The van der Waals surface area contributed by atoms with Gasteiger partial charge < -0.3 is 5.32 Å². The minimum atomic E-state index is -0.0686. The van der Waals surface area contributed by atoms with Crippen LogP contribution >= 0.6 is 0 Å². The topological polar surface area (TPSA) is 58.1 Å². The largest absolute Gasteiger partial charge is 0.321 e. The summed E-state index contributed by atoms with van der Waals surface area (Å²) < 4.78 is 0. The molecule has 1 amide bonds. The van der Waals surface area contributed by atoms with Crippen molar-refractivity contribution >= 4 is 17.2 Å². The summed E-state index contributed by atoms with van der Waals surface area (Å²) in [6.07, 6.45) is 9.86. The lowest BCUT2D eigenvalue weighted by Crippen LogP contribution is -2.36. The molecule has 3 heterocycles. The Morgan fingerprint density at radius 1 is 1.08 bits per heavy atom. The number of nitrogens with one attached hydrogen (secondary N) is 1. The van der Waals surface area contributed by atoms with Crippen LogP contribution in [0.5, 0.6) is 0 Å². The third kappa shape index (κ3) is 5.73. The molecule has 5 rings (SSSR count). The van der Waals surface area contributed by atoms with Gasteiger partial charge in [-0.05, 0) is 97.1 Å². The van der Waals surface area contributed by atoms with E-state index in [0.29, 0.717) is 5.92 Å². The molecule has 0 spiro atoms. The molecular formula is C33H40N4O. The highest BCUT2D eigenvalue weighted by molar-refractivity contribution is 6.26. The number of aromatic nitrogens is 2. The van der Waals surface area contributed by atoms with Crippen LogP contribution in [0, 0.1) is 5.41 Å². The summed E-state index contributed by atoms with van der Waals surface area (Å²) in [5.74, 6) is 0.301. The van der Waals surface area contributed by atoms with Crippen molar-refractivity contribution in [2.45, 2.75) is 72.8 Å². The third-order valence-electron chi connectivity index (χ3n) is 8.30. The Morgan fingerprint density at radius 3 is 2.58 bits per heavy atom. The molecule has 1 N–H and O–H groups in total. The molecule has 1 saturated heterocycles. The molecule has 3 aromatic rings. The van der Waals surface area contributed by atoms with Gasteiger partial charge in [0.1, 0.15) is 0 Å². The number of fused-ring (bicyclic) bond motifs is 1. The minimum absolute atomic E-state index is 0.0686. The monoisotopic (exact) mass is 508 g/mol. The molecule has 0 radical (unpaired) electrons. The van der Waals surface area contributed by atoms with Crippen molar-refractivity contribution in [3.63, 3.8) is 0 Å². The van der Waals surface area contributed by atoms with Crippen LogP contribution < -0.4 is 5.32 Å². The number of likely N-dealkylation sites (tertiary alicyclic amines) is 1. The van der Waals surface area contributed by atoms with E-state index in [-0.39, 0.29) is 11.3 Å². The van der Waals surface area contributed by atoms with Gasteiger partial charge in [0.05, 0.1) is 11.9 Å². The number of amides is 1. The SMILES string of the molecule is CCC(C)(C)Cc1ccc(NC(=O)C2=C(C)C[C@@H](C)c3ccc(-c4cncc(CN5CCC5)c4)cc32)cn1. The number of nitrogens with zero attached hydrogens (tertiary/aromatic N) is 3. The molecule has 1 aromatic carbocycles. The van der Waals surface area contributed by atoms with E-state index in [4.69, 9.17) is 0 Å². The first-order chi connectivity index (χ1) is 18.2. The summed E-state index contributed by atoms with van der Waals surface area (Å²) in [6.45, 7) is 14.3. The van der Waals surface area contributed by atoms with Gasteiger partial charge in [-0.3, -0.25) is 19.7 Å². The fraction of sp³-hybridized carbons (Fsp3) is 0.424. The highest BCUT2D eigenvalue weighted by atomic mass is 16.1. The Morgan fingerprint density at radius 2 is 1.89 bits per heavy atom. The number of pyridine rings is 2. The molecule has 2 aliphatic rings. The van der Waals surface area contributed by atoms with Gasteiger partial charge >= 0.3 is 0 Å². The Balaban J connectivity index is 1.40. The first-order valence-electron chi connectivity index (χ1n) is 14.0. The fourth-order valence-corrected chi connectivity index (χ4v) is 5.54. The number of benzene rings is 1. The molecule has 5 heteroatoms. The molecule has 1 aliphatic carbocycles. The van der Waals surface area contributed by atoms with Gasteiger partial charge in [-0.2, -0.15) is 0 Å². The van der Waals surface area contributed by atoms with E-state index in [2.05, 4.69) is 79.1 Å². The summed E-state index contributed by atoms with van der Waals surface area (Å²) in [5.41, 5.74) is 9.57. The van der Waals surface area contributed by atoms with Gasteiger partial charge in [0.25, 0.3) is 5.91 Å². The Labute approximate surface area is 227 Å². The second-order valence-electron chi connectivity index (χ2n) is 12.0. The number of carbonyl (C=O) groups excluding carboxylic acids is 1. The van der Waals surface area contributed by atoms with E-state index in [0.717, 1.165) is 65.0 Å². The smallest absolute Gasteiger partial charge is 0.256 e. The molecule has 2 aromatic heterocycles. The average Bonchev–Trinajstić information content (AvgIpc) is 2.87. The van der Waals surface area contributed by atoms with Crippen LogP contribution in [0.25, 0.3) is 16.7 Å². The van der Waals surface area contributed by atoms with E-state index in [1.807, 2.05) is 24.5 Å². The van der Waals surface area contributed by atoms with Crippen LogP contribution in [0.15, 0.2) is 60.6 Å². The standard InChI is InChI=1S/C33H40N4O/c1-6-33(4,5)17-27-9-10-28(20-35-27)36-32(38)31-23(3)14-22(2)29-11-8-25(16-30(29)31)26-15-24(18-34-19-26)21-37-12-7-13-37/h8-11,15-16,18-20,22H,6-7,12-14,17,21H2,1-5H3,(H,36,38)/t22-/m1/s1. The van der Waals surface area contributed by atoms with Gasteiger partial charge in [0.2, 0.25) is 0 Å². The predicted molar refractivity (Wildman–Crippen MR) is 156 cm³/mol. The van der Waals surface area contributed by atoms with Crippen molar-refractivity contribution in [2.24, 2.45) is 5.41 Å². The Bertz CT molecular complexity index is 1350. The quantitative estimate of drug-likeness (QED) is 0.348. The van der Waals surface area contributed by atoms with Gasteiger partial charge in [-0.1, -0.05) is 51.8 Å². The zero-order chi connectivity index (χ0) is 26.9. The summed E-state index contributed by atoms with van der Waals surface area (Å²) in [7, 11) is 0. The predicted octanol–water partition coefficient (Wildman–Crippen LogP) is 7.25. The molecule has 0 bridgehead atoms. The lowest BCUT2D eigenvalue weighted by Gasteiger charge is -2.30. The molecular weight excluding hydrogens is 468 g/mol. The van der Waals surface area contributed by atoms with Crippen molar-refractivity contribution in [3.05, 3.63) is 82.9 Å². The van der Waals surface area contributed by atoms with Gasteiger partial charge in [-0.25, -0.2) is 0 Å². The highest BCUT2D eigenvalue weighted by Crippen LogP contribution is 2.40. The maximum Gasteiger partial charge on any atom is 0.256 e. The van der Waals surface area contributed by atoms with Crippen LogP contribution in [0.1, 0.15) is 82.2 Å². The van der Waals surface area contributed by atoms with Gasteiger partial charge in [0.15, 0.2) is 0 Å².